The molecule has 0 bridgehead atoms. The average molecular weight is 253 g/mol. The Balaban J connectivity index is 1.84. The predicted octanol–water partition coefficient (Wildman–Crippen LogP) is 1.61. The van der Waals surface area contributed by atoms with Gasteiger partial charge in [-0.05, 0) is 20.3 Å². The van der Waals surface area contributed by atoms with Crippen LogP contribution in [0.25, 0.3) is 0 Å². The number of amidine groups is 1. The minimum Gasteiger partial charge on any atom is -0.373 e. The van der Waals surface area contributed by atoms with Gasteiger partial charge >= 0.3 is 0 Å². The van der Waals surface area contributed by atoms with Crippen LogP contribution in [0.4, 0.5) is 0 Å². The lowest BCUT2D eigenvalue weighted by molar-refractivity contribution is -0.0822. The van der Waals surface area contributed by atoms with Crippen molar-refractivity contribution in [2.24, 2.45) is 4.99 Å². The summed E-state index contributed by atoms with van der Waals surface area (Å²) in [6.07, 6.45) is 2.53. The molecule has 0 aromatic rings. The summed E-state index contributed by atoms with van der Waals surface area (Å²) in [5.41, 5.74) is -0.00827. The Kier molecular flexibility index (Phi) is 4.62. The summed E-state index contributed by atoms with van der Waals surface area (Å²) >= 11 is 0. The molecule has 2 aliphatic heterocycles. The summed E-state index contributed by atoms with van der Waals surface area (Å²) in [7, 11) is 0. The van der Waals surface area contributed by atoms with E-state index >= 15 is 0 Å². The quantitative estimate of drug-likeness (QED) is 0.745. The molecular weight excluding hydrogens is 226 g/mol. The van der Waals surface area contributed by atoms with Gasteiger partial charge in [0.1, 0.15) is 5.84 Å². The minimum absolute atomic E-state index is 0.00827. The molecule has 0 aromatic carbocycles. The lowest BCUT2D eigenvalue weighted by Crippen LogP contribution is -2.51. The molecule has 18 heavy (non-hydrogen) atoms. The SMILES string of the molecule is CCCCN1CCN=C1CN1CCOC(C)(C)C1. The third-order valence-corrected chi connectivity index (χ3v) is 3.68. The standard InChI is InChI=1S/C14H27N3O/c1-4-5-7-17-8-6-15-13(17)11-16-9-10-18-14(2,3)12-16/h4-12H2,1-3H3. The molecule has 2 rings (SSSR count). The predicted molar refractivity (Wildman–Crippen MR) is 75.3 cm³/mol. The van der Waals surface area contributed by atoms with Crippen LogP contribution in [-0.2, 0) is 4.74 Å². The Labute approximate surface area is 111 Å². The molecule has 2 heterocycles. The number of ether oxygens (including phenoxy) is 1. The van der Waals surface area contributed by atoms with E-state index in [9.17, 15) is 0 Å². The average Bonchev–Trinajstić information content (AvgIpc) is 2.72. The summed E-state index contributed by atoms with van der Waals surface area (Å²) in [6, 6.07) is 0. The molecule has 1 fully saturated rings. The van der Waals surface area contributed by atoms with Gasteiger partial charge in [0.05, 0.1) is 25.3 Å². The van der Waals surface area contributed by atoms with Gasteiger partial charge in [0.2, 0.25) is 0 Å². The number of rotatable bonds is 5. The van der Waals surface area contributed by atoms with Gasteiger partial charge in [-0.3, -0.25) is 9.89 Å². The Hall–Kier alpha value is -0.610. The van der Waals surface area contributed by atoms with Crippen molar-refractivity contribution in [2.75, 3.05) is 45.9 Å². The molecule has 0 amide bonds. The van der Waals surface area contributed by atoms with Gasteiger partial charge in [0, 0.05) is 26.2 Å². The molecular formula is C14H27N3O. The first-order valence-corrected chi connectivity index (χ1v) is 7.25. The number of hydrogen-bond acceptors (Lipinski definition) is 4. The first-order valence-electron chi connectivity index (χ1n) is 7.25. The van der Waals surface area contributed by atoms with Crippen LogP contribution in [0.1, 0.15) is 33.6 Å². The number of aliphatic imine (C=N–C) groups is 1. The van der Waals surface area contributed by atoms with Gasteiger partial charge in [0.25, 0.3) is 0 Å². The summed E-state index contributed by atoms with van der Waals surface area (Å²) in [6.45, 7) is 13.7. The third-order valence-electron chi connectivity index (χ3n) is 3.68. The molecule has 4 nitrogen and oxygen atoms in total. The van der Waals surface area contributed by atoms with Gasteiger partial charge in [-0.2, -0.15) is 0 Å². The maximum Gasteiger partial charge on any atom is 0.113 e. The summed E-state index contributed by atoms with van der Waals surface area (Å²) in [5.74, 6) is 1.29. The van der Waals surface area contributed by atoms with Crippen molar-refractivity contribution in [3.05, 3.63) is 0 Å². The zero-order valence-corrected chi connectivity index (χ0v) is 12.1. The Bertz CT molecular complexity index is 301. The minimum atomic E-state index is -0.00827. The maximum atomic E-state index is 5.76. The fourth-order valence-electron chi connectivity index (χ4n) is 2.72. The van der Waals surface area contributed by atoms with Gasteiger partial charge in [-0.15, -0.1) is 0 Å². The molecule has 4 heteroatoms. The van der Waals surface area contributed by atoms with Crippen LogP contribution in [0, 0.1) is 0 Å². The highest BCUT2D eigenvalue weighted by atomic mass is 16.5. The van der Waals surface area contributed by atoms with Crippen molar-refractivity contribution >= 4 is 5.84 Å². The third kappa shape index (κ3) is 3.69. The molecule has 0 atom stereocenters. The smallest absolute Gasteiger partial charge is 0.113 e. The van der Waals surface area contributed by atoms with Crippen LogP contribution >= 0.6 is 0 Å². The van der Waals surface area contributed by atoms with Crippen molar-refractivity contribution < 1.29 is 4.74 Å². The zero-order chi connectivity index (χ0) is 13.0. The number of unbranched alkanes of at least 4 members (excludes halogenated alkanes) is 1. The topological polar surface area (TPSA) is 28.1 Å². The molecule has 0 radical (unpaired) electrons. The van der Waals surface area contributed by atoms with Crippen LogP contribution in [0.3, 0.4) is 0 Å². The summed E-state index contributed by atoms with van der Waals surface area (Å²) < 4.78 is 5.76. The van der Waals surface area contributed by atoms with E-state index in [0.717, 1.165) is 39.3 Å². The van der Waals surface area contributed by atoms with E-state index in [2.05, 4.69) is 35.6 Å². The number of hydrogen-bond donors (Lipinski definition) is 0. The fraction of sp³-hybridized carbons (Fsp3) is 0.929. The zero-order valence-electron chi connectivity index (χ0n) is 12.1. The summed E-state index contributed by atoms with van der Waals surface area (Å²) in [4.78, 5) is 9.62. The number of nitrogens with zero attached hydrogens (tertiary/aromatic N) is 3. The van der Waals surface area contributed by atoms with E-state index < -0.39 is 0 Å². The highest BCUT2D eigenvalue weighted by Gasteiger charge is 2.29. The van der Waals surface area contributed by atoms with Crippen LogP contribution in [-0.4, -0.2) is 67.1 Å². The first-order chi connectivity index (χ1) is 8.61. The van der Waals surface area contributed by atoms with Crippen molar-refractivity contribution in [3.8, 4) is 0 Å². The molecule has 104 valence electrons. The molecule has 0 unspecified atom stereocenters. The van der Waals surface area contributed by atoms with E-state index in [4.69, 9.17) is 4.74 Å². The van der Waals surface area contributed by atoms with Gasteiger partial charge in [-0.1, -0.05) is 13.3 Å². The van der Waals surface area contributed by atoms with Crippen LogP contribution in [0.2, 0.25) is 0 Å². The molecule has 0 aliphatic carbocycles. The van der Waals surface area contributed by atoms with E-state index in [0.29, 0.717) is 0 Å². The summed E-state index contributed by atoms with van der Waals surface area (Å²) in [5, 5.41) is 0. The van der Waals surface area contributed by atoms with E-state index in [-0.39, 0.29) is 5.60 Å². The Morgan fingerprint density at radius 2 is 2.17 bits per heavy atom. The van der Waals surface area contributed by atoms with Crippen molar-refractivity contribution in [1.29, 1.82) is 0 Å². The highest BCUT2D eigenvalue weighted by Crippen LogP contribution is 2.17. The Morgan fingerprint density at radius 1 is 1.33 bits per heavy atom. The second-order valence-corrected chi connectivity index (χ2v) is 5.96. The van der Waals surface area contributed by atoms with Crippen LogP contribution in [0.5, 0.6) is 0 Å². The maximum absolute atomic E-state index is 5.76. The fourth-order valence-corrected chi connectivity index (χ4v) is 2.72. The van der Waals surface area contributed by atoms with Crippen molar-refractivity contribution in [3.63, 3.8) is 0 Å². The van der Waals surface area contributed by atoms with E-state index in [1.54, 1.807) is 0 Å². The second kappa shape index (κ2) is 6.02. The van der Waals surface area contributed by atoms with Gasteiger partial charge in [0.15, 0.2) is 0 Å². The second-order valence-electron chi connectivity index (χ2n) is 5.96. The van der Waals surface area contributed by atoms with Gasteiger partial charge in [-0.25, -0.2) is 0 Å². The molecule has 2 aliphatic rings. The Morgan fingerprint density at radius 3 is 2.89 bits per heavy atom. The number of morpholine rings is 1. The van der Waals surface area contributed by atoms with E-state index in [1.807, 2.05) is 0 Å². The first kappa shape index (κ1) is 13.8. The molecule has 1 saturated heterocycles. The molecule has 0 saturated carbocycles. The van der Waals surface area contributed by atoms with Crippen LogP contribution < -0.4 is 0 Å². The highest BCUT2D eigenvalue weighted by molar-refractivity contribution is 5.85. The molecule has 0 spiro atoms. The van der Waals surface area contributed by atoms with Crippen LogP contribution in [0.15, 0.2) is 4.99 Å². The van der Waals surface area contributed by atoms with Gasteiger partial charge < -0.3 is 9.64 Å². The lowest BCUT2D eigenvalue weighted by Gasteiger charge is -2.38. The van der Waals surface area contributed by atoms with Crippen molar-refractivity contribution in [1.82, 2.24) is 9.80 Å². The molecule has 0 N–H and O–H groups in total. The monoisotopic (exact) mass is 253 g/mol. The normalized spacial score (nSPS) is 24.4. The largest absolute Gasteiger partial charge is 0.373 e. The van der Waals surface area contributed by atoms with E-state index in [1.165, 1.54) is 25.2 Å². The lowest BCUT2D eigenvalue weighted by atomic mass is 10.1. The molecule has 0 aromatic heterocycles. The van der Waals surface area contributed by atoms with Crippen molar-refractivity contribution in [2.45, 2.75) is 39.2 Å².